The van der Waals surface area contributed by atoms with E-state index < -0.39 is 0 Å². The molecule has 1 N–H and O–H groups in total. The van der Waals surface area contributed by atoms with Gasteiger partial charge in [-0.1, -0.05) is 37.6 Å². The number of aromatic nitrogens is 2. The highest BCUT2D eigenvalue weighted by Crippen LogP contribution is 2.32. The van der Waals surface area contributed by atoms with Crippen LogP contribution >= 0.6 is 11.6 Å². The van der Waals surface area contributed by atoms with Gasteiger partial charge in [0.05, 0.1) is 5.69 Å². The van der Waals surface area contributed by atoms with Crippen molar-refractivity contribution in [3.05, 3.63) is 41.2 Å². The largest absolute Gasteiger partial charge is 0.373 e. The molecule has 0 saturated carbocycles. The van der Waals surface area contributed by atoms with Gasteiger partial charge in [-0.2, -0.15) is 0 Å². The Labute approximate surface area is 112 Å². The quantitative estimate of drug-likeness (QED) is 0.909. The second-order valence-corrected chi connectivity index (χ2v) is 4.84. The minimum atomic E-state index is 0.336. The van der Waals surface area contributed by atoms with Crippen molar-refractivity contribution in [2.75, 3.05) is 12.4 Å². The Balaban J connectivity index is 2.63. The van der Waals surface area contributed by atoms with Gasteiger partial charge in [-0.05, 0) is 18.1 Å². The highest BCUT2D eigenvalue weighted by Gasteiger charge is 2.15. The number of anilines is 1. The van der Waals surface area contributed by atoms with Crippen LogP contribution in [0.2, 0.25) is 5.02 Å². The molecule has 1 heterocycles. The maximum atomic E-state index is 6.04. The Morgan fingerprint density at radius 3 is 2.61 bits per heavy atom. The molecule has 1 aromatic carbocycles. The van der Waals surface area contributed by atoms with Crippen LogP contribution in [0.5, 0.6) is 0 Å². The van der Waals surface area contributed by atoms with Crippen LogP contribution in [0.4, 0.5) is 5.82 Å². The SMILES string of the molecule is CNc1ncnc(-c2cccc(Cl)c2)c1C(C)C. The van der Waals surface area contributed by atoms with E-state index in [1.165, 1.54) is 0 Å². The van der Waals surface area contributed by atoms with Gasteiger partial charge in [0.1, 0.15) is 12.1 Å². The third-order valence-electron chi connectivity index (χ3n) is 2.80. The first-order chi connectivity index (χ1) is 8.63. The van der Waals surface area contributed by atoms with E-state index in [1.54, 1.807) is 6.33 Å². The lowest BCUT2D eigenvalue weighted by Gasteiger charge is -2.15. The van der Waals surface area contributed by atoms with Crippen molar-refractivity contribution in [2.24, 2.45) is 0 Å². The zero-order valence-electron chi connectivity index (χ0n) is 10.7. The molecule has 4 heteroatoms. The van der Waals surface area contributed by atoms with Crippen LogP contribution in [0, 0.1) is 0 Å². The van der Waals surface area contributed by atoms with Crippen LogP contribution in [0.1, 0.15) is 25.3 Å². The van der Waals surface area contributed by atoms with Gasteiger partial charge in [0.2, 0.25) is 0 Å². The summed E-state index contributed by atoms with van der Waals surface area (Å²) in [7, 11) is 1.87. The molecule has 2 rings (SSSR count). The van der Waals surface area contributed by atoms with Crippen molar-refractivity contribution < 1.29 is 0 Å². The molecule has 0 unspecified atom stereocenters. The molecule has 0 radical (unpaired) electrons. The van der Waals surface area contributed by atoms with Gasteiger partial charge in [-0.25, -0.2) is 9.97 Å². The summed E-state index contributed by atoms with van der Waals surface area (Å²) in [6.07, 6.45) is 1.58. The molecule has 0 aliphatic carbocycles. The molecule has 2 aromatic rings. The summed E-state index contributed by atoms with van der Waals surface area (Å²) in [4.78, 5) is 8.68. The second kappa shape index (κ2) is 5.36. The van der Waals surface area contributed by atoms with Crippen molar-refractivity contribution in [1.82, 2.24) is 9.97 Å². The molecule has 0 aliphatic heterocycles. The van der Waals surface area contributed by atoms with Gasteiger partial charge in [0.25, 0.3) is 0 Å². The van der Waals surface area contributed by atoms with E-state index in [2.05, 4.69) is 29.1 Å². The van der Waals surface area contributed by atoms with E-state index in [-0.39, 0.29) is 0 Å². The summed E-state index contributed by atoms with van der Waals surface area (Å²) in [6, 6.07) is 7.73. The molecular formula is C14H16ClN3. The Hall–Kier alpha value is -1.61. The van der Waals surface area contributed by atoms with E-state index in [0.29, 0.717) is 10.9 Å². The molecule has 3 nitrogen and oxygen atoms in total. The predicted molar refractivity (Wildman–Crippen MR) is 76.1 cm³/mol. The van der Waals surface area contributed by atoms with Gasteiger partial charge in [-0.3, -0.25) is 0 Å². The number of benzene rings is 1. The Bertz CT molecular complexity index is 552. The summed E-state index contributed by atoms with van der Waals surface area (Å²) in [6.45, 7) is 4.27. The van der Waals surface area contributed by atoms with E-state index in [4.69, 9.17) is 11.6 Å². The van der Waals surface area contributed by atoms with Crippen LogP contribution in [0.3, 0.4) is 0 Å². The van der Waals surface area contributed by atoms with Gasteiger partial charge in [0, 0.05) is 23.2 Å². The maximum Gasteiger partial charge on any atom is 0.133 e. The van der Waals surface area contributed by atoms with E-state index >= 15 is 0 Å². The summed E-state index contributed by atoms with van der Waals surface area (Å²) in [5.74, 6) is 1.21. The lowest BCUT2D eigenvalue weighted by molar-refractivity contribution is 0.852. The summed E-state index contributed by atoms with van der Waals surface area (Å²) >= 11 is 6.04. The molecule has 0 bridgehead atoms. The monoisotopic (exact) mass is 261 g/mol. The Kier molecular flexibility index (Phi) is 3.82. The summed E-state index contributed by atoms with van der Waals surface area (Å²) < 4.78 is 0. The predicted octanol–water partition coefficient (Wildman–Crippen LogP) is 3.96. The Morgan fingerprint density at radius 1 is 1.22 bits per heavy atom. The fraction of sp³-hybridized carbons (Fsp3) is 0.286. The zero-order valence-corrected chi connectivity index (χ0v) is 11.5. The summed E-state index contributed by atoms with van der Waals surface area (Å²) in [5, 5.41) is 3.83. The van der Waals surface area contributed by atoms with E-state index in [9.17, 15) is 0 Å². The topological polar surface area (TPSA) is 37.8 Å². The van der Waals surface area contributed by atoms with Gasteiger partial charge in [-0.15, -0.1) is 0 Å². The number of rotatable bonds is 3. The van der Waals surface area contributed by atoms with Crippen LogP contribution in [0.15, 0.2) is 30.6 Å². The van der Waals surface area contributed by atoms with Gasteiger partial charge >= 0.3 is 0 Å². The fourth-order valence-corrected chi connectivity index (χ4v) is 2.20. The van der Waals surface area contributed by atoms with Gasteiger partial charge < -0.3 is 5.32 Å². The lowest BCUT2D eigenvalue weighted by atomic mass is 9.97. The minimum Gasteiger partial charge on any atom is -0.373 e. The highest BCUT2D eigenvalue weighted by molar-refractivity contribution is 6.30. The first-order valence-corrected chi connectivity index (χ1v) is 6.30. The number of hydrogen-bond acceptors (Lipinski definition) is 3. The molecule has 1 aromatic heterocycles. The third kappa shape index (κ3) is 2.46. The van der Waals surface area contributed by atoms with Crippen molar-refractivity contribution in [3.8, 4) is 11.3 Å². The first-order valence-electron chi connectivity index (χ1n) is 5.92. The van der Waals surface area contributed by atoms with Gasteiger partial charge in [0.15, 0.2) is 0 Å². The summed E-state index contributed by atoms with van der Waals surface area (Å²) in [5.41, 5.74) is 3.07. The number of nitrogens with one attached hydrogen (secondary N) is 1. The molecule has 0 fully saturated rings. The average Bonchev–Trinajstić information content (AvgIpc) is 2.37. The molecule has 0 atom stereocenters. The lowest BCUT2D eigenvalue weighted by Crippen LogP contribution is -2.04. The van der Waals surface area contributed by atoms with E-state index in [1.807, 2.05) is 31.3 Å². The molecule has 0 spiro atoms. The standard InChI is InChI=1S/C14H16ClN3/c1-9(2)12-13(17-8-18-14(12)16-3)10-5-4-6-11(15)7-10/h4-9H,1-3H3,(H,16,17,18). The van der Waals surface area contributed by atoms with Crippen LogP contribution in [0.25, 0.3) is 11.3 Å². The van der Waals surface area contributed by atoms with Crippen LogP contribution < -0.4 is 5.32 Å². The first kappa shape index (κ1) is 12.8. The zero-order chi connectivity index (χ0) is 13.1. The molecule has 18 heavy (non-hydrogen) atoms. The van der Waals surface area contributed by atoms with Crippen molar-refractivity contribution >= 4 is 17.4 Å². The molecule has 94 valence electrons. The highest BCUT2D eigenvalue weighted by atomic mass is 35.5. The minimum absolute atomic E-state index is 0.336. The number of nitrogens with zero attached hydrogens (tertiary/aromatic N) is 2. The van der Waals surface area contributed by atoms with Crippen LogP contribution in [-0.2, 0) is 0 Å². The third-order valence-corrected chi connectivity index (χ3v) is 3.03. The average molecular weight is 262 g/mol. The second-order valence-electron chi connectivity index (χ2n) is 4.40. The number of hydrogen-bond donors (Lipinski definition) is 1. The van der Waals surface area contributed by atoms with Crippen molar-refractivity contribution in [3.63, 3.8) is 0 Å². The fourth-order valence-electron chi connectivity index (χ4n) is 2.01. The maximum absolute atomic E-state index is 6.04. The smallest absolute Gasteiger partial charge is 0.133 e. The molecule has 0 saturated heterocycles. The van der Waals surface area contributed by atoms with Crippen LogP contribution in [-0.4, -0.2) is 17.0 Å². The molecule has 0 amide bonds. The molecular weight excluding hydrogens is 246 g/mol. The molecule has 0 aliphatic rings. The Morgan fingerprint density at radius 2 is 2.00 bits per heavy atom. The van der Waals surface area contributed by atoms with Crippen molar-refractivity contribution in [1.29, 1.82) is 0 Å². The number of halogens is 1. The van der Waals surface area contributed by atoms with Crippen molar-refractivity contribution in [2.45, 2.75) is 19.8 Å². The normalized spacial score (nSPS) is 10.7. The van der Waals surface area contributed by atoms with E-state index in [0.717, 1.165) is 22.6 Å².